The molecular formula is C15H22F3N. The number of rotatable bonds is 7. The lowest BCUT2D eigenvalue weighted by Gasteiger charge is -2.27. The van der Waals surface area contributed by atoms with E-state index in [-0.39, 0.29) is 17.5 Å². The van der Waals surface area contributed by atoms with Crippen LogP contribution in [0.25, 0.3) is 0 Å². The lowest BCUT2D eigenvalue weighted by atomic mass is 9.86. The van der Waals surface area contributed by atoms with Gasteiger partial charge in [-0.3, -0.25) is 0 Å². The number of unbranched alkanes of at least 4 members (excludes halogenated alkanes) is 1. The third-order valence-corrected chi connectivity index (χ3v) is 3.61. The Morgan fingerprint density at radius 2 is 1.68 bits per heavy atom. The van der Waals surface area contributed by atoms with E-state index in [0.29, 0.717) is 6.07 Å². The molecule has 1 aromatic rings. The summed E-state index contributed by atoms with van der Waals surface area (Å²) >= 11 is 0. The van der Waals surface area contributed by atoms with E-state index in [1.165, 1.54) is 0 Å². The highest BCUT2D eigenvalue weighted by Crippen LogP contribution is 2.31. The molecule has 4 heteroatoms. The number of benzene rings is 1. The Labute approximate surface area is 113 Å². The summed E-state index contributed by atoms with van der Waals surface area (Å²) in [7, 11) is 1.72. The zero-order chi connectivity index (χ0) is 14.4. The van der Waals surface area contributed by atoms with Gasteiger partial charge in [-0.15, -0.1) is 0 Å². The molecule has 0 fully saturated rings. The second kappa shape index (κ2) is 7.53. The van der Waals surface area contributed by atoms with Gasteiger partial charge >= 0.3 is 0 Å². The van der Waals surface area contributed by atoms with Gasteiger partial charge in [0, 0.05) is 17.7 Å². The Hall–Kier alpha value is -1.03. The van der Waals surface area contributed by atoms with Gasteiger partial charge in [0.1, 0.15) is 5.82 Å². The zero-order valence-corrected chi connectivity index (χ0v) is 11.8. The smallest absolute Gasteiger partial charge is 0.161 e. The van der Waals surface area contributed by atoms with E-state index in [4.69, 9.17) is 0 Å². The molecule has 0 radical (unpaired) electrons. The van der Waals surface area contributed by atoms with Crippen LogP contribution in [0.5, 0.6) is 0 Å². The summed E-state index contributed by atoms with van der Waals surface area (Å²) in [6.07, 6.45) is 3.91. The molecule has 0 heterocycles. The van der Waals surface area contributed by atoms with Crippen LogP contribution in [-0.2, 0) is 0 Å². The average molecular weight is 273 g/mol. The van der Waals surface area contributed by atoms with Crippen LogP contribution in [0.4, 0.5) is 13.2 Å². The Bertz CT molecular complexity index is 407. The third kappa shape index (κ3) is 3.96. The molecule has 108 valence electrons. The van der Waals surface area contributed by atoms with Gasteiger partial charge in [-0.25, -0.2) is 13.2 Å². The minimum absolute atomic E-state index is 0.212. The van der Waals surface area contributed by atoms with E-state index in [9.17, 15) is 13.2 Å². The largest absolute Gasteiger partial charge is 0.313 e. The summed E-state index contributed by atoms with van der Waals surface area (Å²) in [5.74, 6) is -2.61. The molecular weight excluding hydrogens is 251 g/mol. The van der Waals surface area contributed by atoms with Gasteiger partial charge in [0.25, 0.3) is 0 Å². The van der Waals surface area contributed by atoms with Crippen LogP contribution >= 0.6 is 0 Å². The second-order valence-corrected chi connectivity index (χ2v) is 4.86. The number of hydrogen-bond acceptors (Lipinski definition) is 1. The van der Waals surface area contributed by atoms with E-state index in [1.807, 2.05) is 6.92 Å². The first kappa shape index (κ1) is 16.0. The third-order valence-electron chi connectivity index (χ3n) is 3.61. The quantitative estimate of drug-likeness (QED) is 0.717. The summed E-state index contributed by atoms with van der Waals surface area (Å²) < 4.78 is 40.1. The predicted octanol–water partition coefficient (Wildman–Crippen LogP) is 4.58. The SMILES string of the molecule is CCCCC(CC)C(NC)c1cc(F)c(F)cc1F. The van der Waals surface area contributed by atoms with Crippen molar-refractivity contribution in [2.45, 2.75) is 45.6 Å². The fourth-order valence-corrected chi connectivity index (χ4v) is 2.49. The topological polar surface area (TPSA) is 12.0 Å². The molecule has 0 aromatic heterocycles. The minimum atomic E-state index is -1.14. The molecule has 0 aliphatic heterocycles. The van der Waals surface area contributed by atoms with Gasteiger partial charge in [-0.05, 0) is 25.5 Å². The predicted molar refractivity (Wildman–Crippen MR) is 71.4 cm³/mol. The first-order valence-electron chi connectivity index (χ1n) is 6.86. The van der Waals surface area contributed by atoms with E-state index in [0.717, 1.165) is 31.7 Å². The van der Waals surface area contributed by atoms with Gasteiger partial charge in [-0.1, -0.05) is 33.1 Å². The fraction of sp³-hybridized carbons (Fsp3) is 0.600. The van der Waals surface area contributed by atoms with Crippen LogP contribution in [-0.4, -0.2) is 7.05 Å². The van der Waals surface area contributed by atoms with Crippen LogP contribution in [0.3, 0.4) is 0 Å². The Morgan fingerprint density at radius 1 is 1.05 bits per heavy atom. The van der Waals surface area contributed by atoms with E-state index in [2.05, 4.69) is 12.2 Å². The van der Waals surface area contributed by atoms with E-state index >= 15 is 0 Å². The van der Waals surface area contributed by atoms with Crippen molar-refractivity contribution < 1.29 is 13.2 Å². The molecule has 0 saturated carbocycles. The van der Waals surface area contributed by atoms with Crippen molar-refractivity contribution in [3.8, 4) is 0 Å². The molecule has 0 aliphatic carbocycles. The lowest BCUT2D eigenvalue weighted by molar-refractivity contribution is 0.328. The molecule has 0 saturated heterocycles. The number of hydrogen-bond donors (Lipinski definition) is 1. The average Bonchev–Trinajstić information content (AvgIpc) is 2.39. The Balaban J connectivity index is 3.04. The highest BCUT2D eigenvalue weighted by atomic mass is 19.2. The molecule has 0 aliphatic rings. The van der Waals surface area contributed by atoms with Crippen LogP contribution in [0, 0.1) is 23.4 Å². The standard InChI is InChI=1S/C15H22F3N/c1-4-6-7-10(5-2)15(19-3)11-8-13(17)14(18)9-12(11)16/h8-10,15,19H,4-7H2,1-3H3. The Kier molecular flexibility index (Phi) is 6.35. The molecule has 2 unspecified atom stereocenters. The highest BCUT2D eigenvalue weighted by molar-refractivity contribution is 5.24. The maximum atomic E-state index is 13.8. The van der Waals surface area contributed by atoms with Gasteiger partial charge in [-0.2, -0.15) is 0 Å². The van der Waals surface area contributed by atoms with Crippen molar-refractivity contribution in [3.05, 3.63) is 35.1 Å². The number of halogens is 3. The van der Waals surface area contributed by atoms with Crippen LogP contribution in [0.15, 0.2) is 12.1 Å². The lowest BCUT2D eigenvalue weighted by Crippen LogP contribution is -2.26. The van der Waals surface area contributed by atoms with Crippen molar-refractivity contribution >= 4 is 0 Å². The van der Waals surface area contributed by atoms with E-state index < -0.39 is 17.5 Å². The van der Waals surface area contributed by atoms with Crippen LogP contribution < -0.4 is 5.32 Å². The molecule has 1 rings (SSSR count). The van der Waals surface area contributed by atoms with Gasteiger partial charge in [0.05, 0.1) is 0 Å². The summed E-state index contributed by atoms with van der Waals surface area (Å²) in [5, 5.41) is 3.04. The fourth-order valence-electron chi connectivity index (χ4n) is 2.49. The van der Waals surface area contributed by atoms with E-state index in [1.54, 1.807) is 7.05 Å². The first-order chi connectivity index (χ1) is 9.04. The normalized spacial score (nSPS) is 14.4. The minimum Gasteiger partial charge on any atom is -0.313 e. The maximum absolute atomic E-state index is 13.8. The Morgan fingerprint density at radius 3 is 2.21 bits per heavy atom. The van der Waals surface area contributed by atoms with Gasteiger partial charge < -0.3 is 5.32 Å². The molecule has 0 amide bonds. The molecule has 2 atom stereocenters. The second-order valence-electron chi connectivity index (χ2n) is 4.86. The summed E-state index contributed by atoms with van der Waals surface area (Å²) in [5.41, 5.74) is 0.212. The molecule has 0 bridgehead atoms. The monoisotopic (exact) mass is 273 g/mol. The van der Waals surface area contributed by atoms with Crippen molar-refractivity contribution in [2.24, 2.45) is 5.92 Å². The van der Waals surface area contributed by atoms with Crippen molar-refractivity contribution in [1.82, 2.24) is 5.32 Å². The zero-order valence-electron chi connectivity index (χ0n) is 11.8. The summed E-state index contributed by atoms with van der Waals surface area (Å²) in [6, 6.07) is 1.31. The molecule has 1 nitrogen and oxygen atoms in total. The van der Waals surface area contributed by atoms with Gasteiger partial charge in [0.2, 0.25) is 0 Å². The van der Waals surface area contributed by atoms with Crippen molar-refractivity contribution in [2.75, 3.05) is 7.05 Å². The summed E-state index contributed by atoms with van der Waals surface area (Å²) in [6.45, 7) is 4.13. The van der Waals surface area contributed by atoms with Crippen molar-refractivity contribution in [3.63, 3.8) is 0 Å². The first-order valence-corrected chi connectivity index (χ1v) is 6.86. The van der Waals surface area contributed by atoms with Crippen LogP contribution in [0.1, 0.15) is 51.1 Å². The van der Waals surface area contributed by atoms with Gasteiger partial charge in [0.15, 0.2) is 11.6 Å². The van der Waals surface area contributed by atoms with Crippen molar-refractivity contribution in [1.29, 1.82) is 0 Å². The highest BCUT2D eigenvalue weighted by Gasteiger charge is 2.24. The number of nitrogens with one attached hydrogen (secondary N) is 1. The summed E-state index contributed by atoms with van der Waals surface area (Å²) in [4.78, 5) is 0. The van der Waals surface area contributed by atoms with Crippen LogP contribution in [0.2, 0.25) is 0 Å². The molecule has 1 aromatic carbocycles. The molecule has 0 spiro atoms. The molecule has 1 N–H and O–H groups in total. The molecule has 19 heavy (non-hydrogen) atoms. The maximum Gasteiger partial charge on any atom is 0.161 e.